The van der Waals surface area contributed by atoms with E-state index in [9.17, 15) is 18.7 Å². The first-order valence-electron chi connectivity index (χ1n) is 11.4. The van der Waals surface area contributed by atoms with Crippen LogP contribution in [0.4, 0.5) is 8.78 Å². The van der Waals surface area contributed by atoms with Gasteiger partial charge in [0, 0.05) is 31.8 Å². The molecule has 0 spiro atoms. The summed E-state index contributed by atoms with van der Waals surface area (Å²) in [6.45, 7) is 0.571. The van der Waals surface area contributed by atoms with Crippen LogP contribution in [-0.4, -0.2) is 40.9 Å². The highest BCUT2D eigenvalue weighted by atomic mass is 19.3. The number of hydrogen-bond donors (Lipinski definition) is 2. The molecule has 3 fully saturated rings. The predicted molar refractivity (Wildman–Crippen MR) is 107 cm³/mol. The average Bonchev–Trinajstić information content (AvgIpc) is 3.23. The number of carboxylic acids is 1. The maximum absolute atomic E-state index is 14.4. The van der Waals surface area contributed by atoms with E-state index in [2.05, 4.69) is 0 Å². The van der Waals surface area contributed by atoms with Gasteiger partial charge >= 0.3 is 5.97 Å². The molecule has 0 aromatic carbocycles. The second kappa shape index (κ2) is 10.3. The molecule has 2 saturated carbocycles. The molecule has 0 radical (unpaired) electrons. The van der Waals surface area contributed by atoms with Gasteiger partial charge in [0.15, 0.2) is 0 Å². The molecule has 0 amide bonds. The second-order valence-corrected chi connectivity index (χ2v) is 9.45. The molecule has 0 aromatic heterocycles. The van der Waals surface area contributed by atoms with E-state index >= 15 is 0 Å². The van der Waals surface area contributed by atoms with Gasteiger partial charge in [0.1, 0.15) is 0 Å². The molecule has 0 bridgehead atoms. The summed E-state index contributed by atoms with van der Waals surface area (Å²) in [4.78, 5) is 10.7. The Hall–Kier alpha value is -1.01. The van der Waals surface area contributed by atoms with E-state index in [-0.39, 0.29) is 30.8 Å². The van der Waals surface area contributed by atoms with E-state index in [4.69, 9.17) is 9.84 Å². The molecule has 1 aliphatic heterocycles. The number of halogens is 2. The highest BCUT2D eigenvalue weighted by Gasteiger charge is 2.43. The molecule has 166 valence electrons. The number of allylic oxidation sites excluding steroid dienone is 1. The van der Waals surface area contributed by atoms with Crippen LogP contribution in [0.15, 0.2) is 12.2 Å². The summed E-state index contributed by atoms with van der Waals surface area (Å²) in [5, 5.41) is 19.2. The van der Waals surface area contributed by atoms with Crippen LogP contribution >= 0.6 is 0 Å². The van der Waals surface area contributed by atoms with E-state index in [1.165, 1.54) is 12.8 Å². The largest absolute Gasteiger partial charge is 0.481 e. The first-order valence-corrected chi connectivity index (χ1v) is 11.4. The van der Waals surface area contributed by atoms with Crippen molar-refractivity contribution in [2.45, 2.75) is 95.2 Å². The molecule has 29 heavy (non-hydrogen) atoms. The molecule has 6 heteroatoms. The zero-order chi connectivity index (χ0) is 20.9. The van der Waals surface area contributed by atoms with Crippen LogP contribution in [0.2, 0.25) is 0 Å². The van der Waals surface area contributed by atoms with Gasteiger partial charge < -0.3 is 14.9 Å². The Morgan fingerprint density at radius 3 is 2.59 bits per heavy atom. The van der Waals surface area contributed by atoms with Crippen molar-refractivity contribution >= 4 is 5.97 Å². The first-order chi connectivity index (χ1) is 13.8. The van der Waals surface area contributed by atoms with Crippen molar-refractivity contribution in [1.82, 2.24) is 0 Å². The minimum Gasteiger partial charge on any atom is -0.481 e. The Morgan fingerprint density at radius 1 is 1.10 bits per heavy atom. The summed E-state index contributed by atoms with van der Waals surface area (Å²) in [5.74, 6) is -3.05. The van der Waals surface area contributed by atoms with E-state index in [1.807, 2.05) is 0 Å². The lowest BCUT2D eigenvalue weighted by Gasteiger charge is -2.22. The third-order valence-corrected chi connectivity index (χ3v) is 7.27. The quantitative estimate of drug-likeness (QED) is 0.509. The summed E-state index contributed by atoms with van der Waals surface area (Å²) >= 11 is 0. The van der Waals surface area contributed by atoms with Crippen LogP contribution in [0.1, 0.15) is 77.0 Å². The molecule has 0 aromatic rings. The molecule has 1 heterocycles. The number of aliphatic hydroxyl groups excluding tert-OH is 1. The van der Waals surface area contributed by atoms with Crippen molar-refractivity contribution in [2.24, 2.45) is 23.7 Å². The third-order valence-electron chi connectivity index (χ3n) is 7.27. The van der Waals surface area contributed by atoms with E-state index < -0.39 is 18.0 Å². The topological polar surface area (TPSA) is 66.8 Å². The standard InChI is InChI=1S/C23H36F2O4/c24-23(25,12-10-16-4-1-2-5-16)13-11-18-19-9-8-17(6-3-7-22(27)28)15-29-21(19)14-20(18)26/h11,13,16-21,26H,1-10,12,14-15H2,(H,27,28)/b13-11+/t17-,18+,19+,20+,21-/m0/s1. The lowest BCUT2D eigenvalue weighted by atomic mass is 9.86. The van der Waals surface area contributed by atoms with E-state index in [0.29, 0.717) is 37.7 Å². The Balaban J connectivity index is 1.51. The third kappa shape index (κ3) is 6.74. The minimum absolute atomic E-state index is 0.0661. The molecule has 5 atom stereocenters. The van der Waals surface area contributed by atoms with Crippen LogP contribution in [0.25, 0.3) is 0 Å². The Bertz CT molecular complexity index is 559. The highest BCUT2D eigenvalue weighted by molar-refractivity contribution is 5.66. The fourth-order valence-corrected chi connectivity index (χ4v) is 5.52. The van der Waals surface area contributed by atoms with Gasteiger partial charge in [-0.3, -0.25) is 4.79 Å². The maximum atomic E-state index is 14.4. The van der Waals surface area contributed by atoms with Crippen LogP contribution < -0.4 is 0 Å². The van der Waals surface area contributed by atoms with Crippen molar-refractivity contribution in [2.75, 3.05) is 6.61 Å². The van der Waals surface area contributed by atoms with Gasteiger partial charge in [0.2, 0.25) is 0 Å². The summed E-state index contributed by atoms with van der Waals surface area (Å²) in [6.07, 6.45) is 10.7. The molecule has 0 unspecified atom stereocenters. The fourth-order valence-electron chi connectivity index (χ4n) is 5.52. The van der Waals surface area contributed by atoms with Crippen LogP contribution in [0.5, 0.6) is 0 Å². The van der Waals surface area contributed by atoms with E-state index in [0.717, 1.165) is 38.2 Å². The highest BCUT2D eigenvalue weighted by Crippen LogP contribution is 2.42. The van der Waals surface area contributed by atoms with Gasteiger partial charge in [-0.25, -0.2) is 8.78 Å². The number of alkyl halides is 2. The molecule has 3 aliphatic rings. The number of fused-ring (bicyclic) bond motifs is 1. The number of hydrogen-bond acceptors (Lipinski definition) is 3. The van der Waals surface area contributed by atoms with E-state index in [1.54, 1.807) is 6.08 Å². The molecule has 3 rings (SSSR count). The molecular formula is C23H36F2O4. The van der Waals surface area contributed by atoms with Gasteiger partial charge in [-0.1, -0.05) is 31.8 Å². The Kier molecular flexibility index (Phi) is 8.08. The Morgan fingerprint density at radius 2 is 1.86 bits per heavy atom. The second-order valence-electron chi connectivity index (χ2n) is 9.45. The fraction of sp³-hybridized carbons (Fsp3) is 0.870. The SMILES string of the molecule is O=C(O)CCC[C@H]1CC[C@@H]2[C@@H](/C=C/C(F)(F)CCC3CCCC3)[C@H](O)C[C@@H]2OC1. The number of carbonyl (C=O) groups is 1. The first kappa shape index (κ1) is 22.7. The normalized spacial score (nSPS) is 33.8. The van der Waals surface area contributed by atoms with Crippen molar-refractivity contribution in [3.05, 3.63) is 12.2 Å². The average molecular weight is 415 g/mol. The number of carboxylic acid groups (broad SMARTS) is 1. The predicted octanol–water partition coefficient (Wildman–Crippen LogP) is 5.20. The zero-order valence-corrected chi connectivity index (χ0v) is 17.3. The molecule has 1 saturated heterocycles. The molecule has 2 N–H and O–H groups in total. The minimum atomic E-state index is -2.81. The summed E-state index contributed by atoms with van der Waals surface area (Å²) < 4.78 is 34.8. The number of aliphatic hydroxyl groups is 1. The van der Waals surface area contributed by atoms with Crippen molar-refractivity contribution in [3.63, 3.8) is 0 Å². The van der Waals surface area contributed by atoms with Gasteiger partial charge in [0.25, 0.3) is 5.92 Å². The molecular weight excluding hydrogens is 378 g/mol. The van der Waals surface area contributed by atoms with Gasteiger partial charge in [-0.15, -0.1) is 0 Å². The van der Waals surface area contributed by atoms with Crippen LogP contribution in [0.3, 0.4) is 0 Å². The van der Waals surface area contributed by atoms with Gasteiger partial charge in [-0.05, 0) is 55.9 Å². The monoisotopic (exact) mass is 414 g/mol. The Labute approximate surface area is 172 Å². The van der Waals surface area contributed by atoms with Crippen LogP contribution in [0, 0.1) is 23.7 Å². The van der Waals surface area contributed by atoms with Crippen molar-refractivity contribution in [3.8, 4) is 0 Å². The summed E-state index contributed by atoms with van der Waals surface area (Å²) in [7, 11) is 0. The summed E-state index contributed by atoms with van der Waals surface area (Å²) in [5.41, 5.74) is 0. The van der Waals surface area contributed by atoms with Crippen molar-refractivity contribution in [1.29, 1.82) is 0 Å². The summed E-state index contributed by atoms with van der Waals surface area (Å²) in [6, 6.07) is 0. The number of aliphatic carboxylic acids is 1. The maximum Gasteiger partial charge on any atom is 0.303 e. The zero-order valence-electron chi connectivity index (χ0n) is 17.3. The molecule has 4 nitrogen and oxygen atoms in total. The number of ether oxygens (including phenoxy) is 1. The van der Waals surface area contributed by atoms with Crippen molar-refractivity contribution < 1.29 is 28.5 Å². The lowest BCUT2D eigenvalue weighted by Crippen LogP contribution is -2.22. The molecule has 2 aliphatic carbocycles. The lowest BCUT2D eigenvalue weighted by molar-refractivity contribution is -0.137. The van der Waals surface area contributed by atoms with Gasteiger partial charge in [0.05, 0.1) is 12.2 Å². The van der Waals surface area contributed by atoms with Crippen LogP contribution in [-0.2, 0) is 9.53 Å². The number of rotatable bonds is 9. The smallest absolute Gasteiger partial charge is 0.303 e. The van der Waals surface area contributed by atoms with Gasteiger partial charge in [-0.2, -0.15) is 0 Å².